The SMILES string of the molecule is CC(C)(C)NC(=O)Nc1ccc(Cl)c(C(=O)O)c1. The number of urea groups is 1. The highest BCUT2D eigenvalue weighted by atomic mass is 35.5. The normalized spacial score (nSPS) is 10.9. The number of rotatable bonds is 2. The Morgan fingerprint density at radius 1 is 1.28 bits per heavy atom. The van der Waals surface area contributed by atoms with Crippen LogP contribution in [0.3, 0.4) is 0 Å². The van der Waals surface area contributed by atoms with E-state index in [9.17, 15) is 9.59 Å². The standard InChI is InChI=1S/C12H15ClN2O3/c1-12(2,3)15-11(18)14-7-4-5-9(13)8(6-7)10(16)17/h4-6H,1-3H3,(H,16,17)(H2,14,15,18). The average Bonchev–Trinajstić information content (AvgIpc) is 2.17. The summed E-state index contributed by atoms with van der Waals surface area (Å²) in [4.78, 5) is 22.5. The molecule has 0 heterocycles. The fourth-order valence-electron chi connectivity index (χ4n) is 1.27. The molecule has 1 rings (SSSR count). The van der Waals surface area contributed by atoms with E-state index >= 15 is 0 Å². The van der Waals surface area contributed by atoms with Crippen molar-refractivity contribution < 1.29 is 14.7 Å². The van der Waals surface area contributed by atoms with Gasteiger partial charge in [-0.25, -0.2) is 9.59 Å². The smallest absolute Gasteiger partial charge is 0.337 e. The summed E-state index contributed by atoms with van der Waals surface area (Å²) in [7, 11) is 0. The molecule has 1 aromatic rings. The Morgan fingerprint density at radius 2 is 1.89 bits per heavy atom. The lowest BCUT2D eigenvalue weighted by Crippen LogP contribution is -2.43. The quantitative estimate of drug-likeness (QED) is 0.773. The van der Waals surface area contributed by atoms with Gasteiger partial charge in [0.2, 0.25) is 0 Å². The highest BCUT2D eigenvalue weighted by Crippen LogP contribution is 2.20. The van der Waals surface area contributed by atoms with E-state index < -0.39 is 12.0 Å². The predicted molar refractivity (Wildman–Crippen MR) is 70.3 cm³/mol. The number of hydrogen-bond acceptors (Lipinski definition) is 2. The minimum Gasteiger partial charge on any atom is -0.478 e. The highest BCUT2D eigenvalue weighted by Gasteiger charge is 2.15. The number of anilines is 1. The van der Waals surface area contributed by atoms with Crippen LogP contribution in [-0.2, 0) is 0 Å². The van der Waals surface area contributed by atoms with Gasteiger partial charge in [0.1, 0.15) is 0 Å². The van der Waals surface area contributed by atoms with E-state index in [-0.39, 0.29) is 16.1 Å². The van der Waals surface area contributed by atoms with E-state index in [1.165, 1.54) is 18.2 Å². The number of halogens is 1. The second-order valence-corrected chi connectivity index (χ2v) is 5.24. The molecule has 0 aromatic heterocycles. The first-order valence-electron chi connectivity index (χ1n) is 5.31. The molecule has 0 aliphatic carbocycles. The van der Waals surface area contributed by atoms with Crippen molar-refractivity contribution in [1.82, 2.24) is 5.32 Å². The minimum atomic E-state index is -1.14. The maximum Gasteiger partial charge on any atom is 0.337 e. The van der Waals surface area contributed by atoms with Crippen molar-refractivity contribution in [1.29, 1.82) is 0 Å². The molecule has 6 heteroatoms. The molecule has 0 radical (unpaired) electrons. The van der Waals surface area contributed by atoms with Crippen LogP contribution in [0.25, 0.3) is 0 Å². The highest BCUT2D eigenvalue weighted by molar-refractivity contribution is 6.33. The number of carboxylic acids is 1. The maximum absolute atomic E-state index is 11.6. The lowest BCUT2D eigenvalue weighted by atomic mass is 10.1. The van der Waals surface area contributed by atoms with Gasteiger partial charge < -0.3 is 15.7 Å². The summed E-state index contributed by atoms with van der Waals surface area (Å²) in [6, 6.07) is 3.88. The van der Waals surface area contributed by atoms with Gasteiger partial charge in [-0.1, -0.05) is 11.6 Å². The van der Waals surface area contributed by atoms with Crippen LogP contribution in [0.1, 0.15) is 31.1 Å². The largest absolute Gasteiger partial charge is 0.478 e. The molecule has 18 heavy (non-hydrogen) atoms. The van der Waals surface area contributed by atoms with Gasteiger partial charge in [0, 0.05) is 11.2 Å². The van der Waals surface area contributed by atoms with E-state index in [1.807, 2.05) is 20.8 Å². The van der Waals surface area contributed by atoms with Crippen LogP contribution < -0.4 is 10.6 Å². The Labute approximate surface area is 110 Å². The molecule has 0 spiro atoms. The molecule has 0 bridgehead atoms. The number of carboxylic acid groups (broad SMARTS) is 1. The molecule has 98 valence electrons. The van der Waals surface area contributed by atoms with Crippen LogP contribution in [0, 0.1) is 0 Å². The first-order valence-corrected chi connectivity index (χ1v) is 5.69. The van der Waals surface area contributed by atoms with E-state index in [1.54, 1.807) is 0 Å². The van der Waals surface area contributed by atoms with Gasteiger partial charge in [-0.2, -0.15) is 0 Å². The number of aromatic carboxylic acids is 1. The first kappa shape index (κ1) is 14.3. The van der Waals surface area contributed by atoms with Crippen molar-refractivity contribution in [2.24, 2.45) is 0 Å². The van der Waals surface area contributed by atoms with Crippen LogP contribution in [0.4, 0.5) is 10.5 Å². The summed E-state index contributed by atoms with van der Waals surface area (Å²) in [5, 5.41) is 14.3. The number of carbonyl (C=O) groups is 2. The Kier molecular flexibility index (Phi) is 4.19. The van der Waals surface area contributed by atoms with Crippen molar-refractivity contribution in [2.45, 2.75) is 26.3 Å². The minimum absolute atomic E-state index is 0.0507. The second kappa shape index (κ2) is 5.27. The molecule has 0 unspecified atom stereocenters. The molecule has 0 saturated heterocycles. The Morgan fingerprint density at radius 3 is 2.39 bits per heavy atom. The Balaban J connectivity index is 2.83. The molecule has 0 saturated carbocycles. The van der Waals surface area contributed by atoms with Gasteiger partial charge in [0.25, 0.3) is 0 Å². The fourth-order valence-corrected chi connectivity index (χ4v) is 1.47. The summed E-state index contributed by atoms with van der Waals surface area (Å²) >= 11 is 5.73. The number of carbonyl (C=O) groups excluding carboxylic acids is 1. The van der Waals surface area contributed by atoms with Gasteiger partial charge in [0.15, 0.2) is 0 Å². The Bertz CT molecular complexity index is 481. The summed E-state index contributed by atoms with van der Waals surface area (Å²) in [6.45, 7) is 5.53. The monoisotopic (exact) mass is 270 g/mol. The van der Waals surface area contributed by atoms with Gasteiger partial charge in [0.05, 0.1) is 10.6 Å². The van der Waals surface area contributed by atoms with Crippen molar-refractivity contribution >= 4 is 29.3 Å². The molecule has 0 fully saturated rings. The summed E-state index contributed by atoms with van der Waals surface area (Å²) in [5.41, 5.74) is -0.0460. The van der Waals surface area contributed by atoms with E-state index in [4.69, 9.17) is 16.7 Å². The molecule has 0 aliphatic heterocycles. The lowest BCUT2D eigenvalue weighted by molar-refractivity contribution is 0.0697. The van der Waals surface area contributed by atoms with Crippen molar-refractivity contribution in [2.75, 3.05) is 5.32 Å². The van der Waals surface area contributed by atoms with Crippen molar-refractivity contribution in [3.05, 3.63) is 28.8 Å². The zero-order valence-corrected chi connectivity index (χ0v) is 11.1. The molecule has 0 aliphatic rings. The lowest BCUT2D eigenvalue weighted by Gasteiger charge is -2.20. The second-order valence-electron chi connectivity index (χ2n) is 4.83. The molecular formula is C12H15ClN2O3. The van der Waals surface area contributed by atoms with Gasteiger partial charge >= 0.3 is 12.0 Å². The molecule has 5 nitrogen and oxygen atoms in total. The fraction of sp³-hybridized carbons (Fsp3) is 0.333. The summed E-state index contributed by atoms with van der Waals surface area (Å²) in [6.07, 6.45) is 0. The molecular weight excluding hydrogens is 256 g/mol. The van der Waals surface area contributed by atoms with Crippen LogP contribution in [0.15, 0.2) is 18.2 Å². The number of nitrogens with one attached hydrogen (secondary N) is 2. The predicted octanol–water partition coefficient (Wildman–Crippen LogP) is 2.96. The van der Waals surface area contributed by atoms with Crippen LogP contribution in [0.5, 0.6) is 0 Å². The summed E-state index contributed by atoms with van der Waals surface area (Å²) in [5.74, 6) is -1.14. The van der Waals surface area contributed by atoms with Gasteiger partial charge in [-0.05, 0) is 39.0 Å². The van der Waals surface area contributed by atoms with E-state index in [0.717, 1.165) is 0 Å². The molecule has 1 aromatic carbocycles. The number of hydrogen-bond donors (Lipinski definition) is 3. The Hall–Kier alpha value is -1.75. The van der Waals surface area contributed by atoms with Crippen LogP contribution in [0.2, 0.25) is 5.02 Å². The van der Waals surface area contributed by atoms with E-state index in [0.29, 0.717) is 5.69 Å². The molecule has 2 amide bonds. The average molecular weight is 271 g/mol. The maximum atomic E-state index is 11.6. The van der Waals surface area contributed by atoms with Crippen LogP contribution >= 0.6 is 11.6 Å². The number of amides is 2. The first-order chi connectivity index (χ1) is 8.19. The molecule has 3 N–H and O–H groups in total. The molecule has 0 atom stereocenters. The topological polar surface area (TPSA) is 78.4 Å². The third-order valence-corrected chi connectivity index (χ3v) is 2.27. The van der Waals surface area contributed by atoms with Crippen molar-refractivity contribution in [3.8, 4) is 0 Å². The zero-order valence-electron chi connectivity index (χ0n) is 10.4. The summed E-state index contributed by atoms with van der Waals surface area (Å²) < 4.78 is 0. The van der Waals surface area contributed by atoms with Gasteiger partial charge in [-0.3, -0.25) is 0 Å². The van der Waals surface area contributed by atoms with Gasteiger partial charge in [-0.15, -0.1) is 0 Å². The zero-order chi connectivity index (χ0) is 13.9. The van der Waals surface area contributed by atoms with Crippen LogP contribution in [-0.4, -0.2) is 22.6 Å². The van der Waals surface area contributed by atoms with Crippen molar-refractivity contribution in [3.63, 3.8) is 0 Å². The number of benzene rings is 1. The third-order valence-electron chi connectivity index (χ3n) is 1.94. The van der Waals surface area contributed by atoms with E-state index in [2.05, 4.69) is 10.6 Å². The third kappa shape index (κ3) is 4.25.